The molecule has 1 fully saturated rings. The van der Waals surface area contributed by atoms with Crippen molar-refractivity contribution in [3.63, 3.8) is 0 Å². The standard InChI is InChI=1S/C28H43NO2.ClH/c1-7-9-11-12-15-27(3,4)20-17-24(30)26-22-19-21(29-16-10-8-2)13-14-23(22)28(5,6)31-25(26)18-20;/h2,17-18,21-23,29-30H,7,9-16,19H2,1,3-6H3;1H/t21?,22-,23+;/m1./s1. The first kappa shape index (κ1) is 26.9. The van der Waals surface area contributed by atoms with Crippen molar-refractivity contribution >= 4 is 12.4 Å². The lowest BCUT2D eigenvalue weighted by Gasteiger charge is -2.49. The van der Waals surface area contributed by atoms with Crippen LogP contribution < -0.4 is 10.1 Å². The van der Waals surface area contributed by atoms with Crippen LogP contribution in [0.1, 0.15) is 109 Å². The second-order valence-corrected chi connectivity index (χ2v) is 10.9. The number of phenols is 1. The highest BCUT2D eigenvalue weighted by molar-refractivity contribution is 5.85. The van der Waals surface area contributed by atoms with Crippen molar-refractivity contribution in [2.45, 2.75) is 115 Å². The van der Waals surface area contributed by atoms with Crippen molar-refractivity contribution < 1.29 is 9.84 Å². The number of fused-ring (bicyclic) bond motifs is 3. The van der Waals surface area contributed by atoms with Gasteiger partial charge in [0.1, 0.15) is 17.1 Å². The van der Waals surface area contributed by atoms with E-state index in [0.717, 1.165) is 50.0 Å². The lowest BCUT2D eigenvalue weighted by Crippen LogP contribution is -2.49. The van der Waals surface area contributed by atoms with Crippen LogP contribution in [-0.4, -0.2) is 23.3 Å². The minimum Gasteiger partial charge on any atom is -0.508 e. The van der Waals surface area contributed by atoms with Gasteiger partial charge in [-0.1, -0.05) is 46.5 Å². The number of hydrogen-bond acceptors (Lipinski definition) is 3. The molecule has 32 heavy (non-hydrogen) atoms. The molecule has 2 aliphatic rings. The Labute approximate surface area is 202 Å². The van der Waals surface area contributed by atoms with Gasteiger partial charge in [0, 0.05) is 30.5 Å². The van der Waals surface area contributed by atoms with Gasteiger partial charge in [-0.15, -0.1) is 24.8 Å². The molecule has 3 atom stereocenters. The van der Waals surface area contributed by atoms with E-state index in [1.54, 1.807) is 0 Å². The molecular weight excluding hydrogens is 418 g/mol. The predicted molar refractivity (Wildman–Crippen MR) is 137 cm³/mol. The second kappa shape index (κ2) is 11.2. The molecule has 1 heterocycles. The van der Waals surface area contributed by atoms with Crippen molar-refractivity contribution in [2.75, 3.05) is 6.54 Å². The van der Waals surface area contributed by atoms with Gasteiger partial charge in [0.05, 0.1) is 0 Å². The van der Waals surface area contributed by atoms with Crippen molar-refractivity contribution in [2.24, 2.45) is 5.92 Å². The summed E-state index contributed by atoms with van der Waals surface area (Å²) in [5.41, 5.74) is 2.01. The predicted octanol–water partition coefficient (Wildman–Crippen LogP) is 7.10. The molecule has 1 saturated carbocycles. The molecule has 0 bridgehead atoms. The molecule has 0 spiro atoms. The summed E-state index contributed by atoms with van der Waals surface area (Å²) in [6.45, 7) is 12.1. The Balaban J connectivity index is 0.00000363. The zero-order valence-corrected chi connectivity index (χ0v) is 21.6. The Morgan fingerprint density at radius 3 is 2.66 bits per heavy atom. The molecule has 1 aromatic carbocycles. The third-order valence-electron chi connectivity index (χ3n) is 7.75. The molecule has 1 unspecified atom stereocenters. The molecule has 3 rings (SSSR count). The summed E-state index contributed by atoms with van der Waals surface area (Å²) in [4.78, 5) is 0. The quantitative estimate of drug-likeness (QED) is 0.304. The average Bonchev–Trinajstić information content (AvgIpc) is 2.70. The van der Waals surface area contributed by atoms with E-state index in [2.05, 4.69) is 51.9 Å². The Morgan fingerprint density at radius 1 is 1.22 bits per heavy atom. The second-order valence-electron chi connectivity index (χ2n) is 10.9. The maximum Gasteiger partial charge on any atom is 0.127 e. The third kappa shape index (κ3) is 5.95. The summed E-state index contributed by atoms with van der Waals surface area (Å²) >= 11 is 0. The first-order chi connectivity index (χ1) is 14.7. The van der Waals surface area contributed by atoms with E-state index in [-0.39, 0.29) is 23.4 Å². The molecule has 3 nitrogen and oxygen atoms in total. The van der Waals surface area contributed by atoms with Crippen LogP contribution >= 0.6 is 12.4 Å². The maximum absolute atomic E-state index is 11.2. The zero-order chi connectivity index (χ0) is 22.6. The summed E-state index contributed by atoms with van der Waals surface area (Å²) in [5.74, 6) is 4.77. The molecule has 0 saturated heterocycles. The van der Waals surface area contributed by atoms with Crippen LogP contribution in [0.15, 0.2) is 12.1 Å². The number of benzene rings is 1. The molecule has 0 radical (unpaired) electrons. The van der Waals surface area contributed by atoms with Crippen molar-refractivity contribution in [1.29, 1.82) is 0 Å². The highest BCUT2D eigenvalue weighted by atomic mass is 35.5. The van der Waals surface area contributed by atoms with Gasteiger partial charge < -0.3 is 15.2 Å². The third-order valence-corrected chi connectivity index (χ3v) is 7.75. The highest BCUT2D eigenvalue weighted by Gasteiger charge is 2.47. The Hall–Kier alpha value is -1.37. The van der Waals surface area contributed by atoms with E-state index in [0.29, 0.717) is 23.6 Å². The van der Waals surface area contributed by atoms with Gasteiger partial charge >= 0.3 is 0 Å². The molecule has 1 aliphatic carbocycles. The largest absolute Gasteiger partial charge is 0.508 e. The topological polar surface area (TPSA) is 41.5 Å². The molecular formula is C28H44ClNO2. The summed E-state index contributed by atoms with van der Waals surface area (Å²) in [6.07, 6.45) is 15.6. The Kier molecular flexibility index (Phi) is 9.38. The molecule has 2 N–H and O–H groups in total. The number of nitrogens with one attached hydrogen (secondary N) is 1. The van der Waals surface area contributed by atoms with Gasteiger partial charge in [0.2, 0.25) is 0 Å². The van der Waals surface area contributed by atoms with Crippen molar-refractivity contribution in [3.05, 3.63) is 23.3 Å². The minimum atomic E-state index is -0.224. The molecule has 1 aromatic rings. The number of phenolic OH excluding ortho intramolecular Hbond substituents is 1. The summed E-state index contributed by atoms with van der Waals surface area (Å²) < 4.78 is 6.58. The van der Waals surface area contributed by atoms with Gasteiger partial charge in [-0.2, -0.15) is 0 Å². The first-order valence-corrected chi connectivity index (χ1v) is 12.4. The van der Waals surface area contributed by atoms with Crippen molar-refractivity contribution in [1.82, 2.24) is 5.32 Å². The molecule has 4 heteroatoms. The fourth-order valence-corrected chi connectivity index (χ4v) is 5.81. The number of terminal acetylenes is 1. The Bertz CT molecular complexity index is 795. The zero-order valence-electron chi connectivity index (χ0n) is 20.8. The van der Waals surface area contributed by atoms with Gasteiger partial charge in [0.25, 0.3) is 0 Å². The minimum absolute atomic E-state index is 0. The lowest BCUT2D eigenvalue weighted by molar-refractivity contribution is -0.0121. The van der Waals surface area contributed by atoms with E-state index in [1.807, 2.05) is 6.07 Å². The van der Waals surface area contributed by atoms with Crippen LogP contribution in [0.2, 0.25) is 0 Å². The van der Waals surface area contributed by atoms with E-state index in [9.17, 15) is 5.11 Å². The number of hydrogen-bond donors (Lipinski definition) is 2. The average molecular weight is 462 g/mol. The summed E-state index contributed by atoms with van der Waals surface area (Å²) in [7, 11) is 0. The van der Waals surface area contributed by atoms with E-state index in [4.69, 9.17) is 11.2 Å². The smallest absolute Gasteiger partial charge is 0.127 e. The van der Waals surface area contributed by atoms with Crippen molar-refractivity contribution in [3.8, 4) is 23.8 Å². The number of aromatic hydroxyl groups is 1. The van der Waals surface area contributed by atoms with Crippen LogP contribution in [0.25, 0.3) is 0 Å². The fourth-order valence-electron chi connectivity index (χ4n) is 5.81. The number of rotatable bonds is 9. The van der Waals surface area contributed by atoms with Gasteiger partial charge in [-0.3, -0.25) is 0 Å². The summed E-state index contributed by atoms with van der Waals surface area (Å²) in [5, 5.41) is 14.8. The van der Waals surface area contributed by atoms with E-state index >= 15 is 0 Å². The van der Waals surface area contributed by atoms with E-state index < -0.39 is 0 Å². The van der Waals surface area contributed by atoms with Crippen LogP contribution in [0, 0.1) is 18.3 Å². The maximum atomic E-state index is 11.2. The molecule has 0 amide bonds. The first-order valence-electron chi connectivity index (χ1n) is 12.4. The van der Waals surface area contributed by atoms with E-state index in [1.165, 1.54) is 31.2 Å². The molecule has 1 aliphatic heterocycles. The molecule has 180 valence electrons. The normalized spacial score (nSPS) is 23.8. The number of halogens is 1. The number of unbranched alkanes of at least 4 members (excludes halogenated alkanes) is 3. The SMILES string of the molecule is C#CCCNC1CC[C@H]2[C@@H](C1)c1c(O)cc(C(C)(C)CCCCCC)cc1OC2(C)C.Cl. The Morgan fingerprint density at radius 2 is 1.97 bits per heavy atom. The monoisotopic (exact) mass is 461 g/mol. The molecule has 0 aromatic heterocycles. The lowest BCUT2D eigenvalue weighted by atomic mass is 9.65. The van der Waals surface area contributed by atoms with Gasteiger partial charge in [-0.05, 0) is 68.6 Å². The summed E-state index contributed by atoms with van der Waals surface area (Å²) in [6, 6.07) is 4.69. The van der Waals surface area contributed by atoms with Crippen LogP contribution in [0.3, 0.4) is 0 Å². The fraction of sp³-hybridized carbons (Fsp3) is 0.714. The van der Waals surface area contributed by atoms with Crippen LogP contribution in [0.4, 0.5) is 0 Å². The number of ether oxygens (including phenoxy) is 1. The van der Waals surface area contributed by atoms with Crippen LogP contribution in [-0.2, 0) is 5.41 Å². The highest BCUT2D eigenvalue weighted by Crippen LogP contribution is 2.55. The van der Waals surface area contributed by atoms with Gasteiger partial charge in [-0.25, -0.2) is 0 Å². The van der Waals surface area contributed by atoms with Gasteiger partial charge in [0.15, 0.2) is 0 Å². The van der Waals surface area contributed by atoms with Crippen LogP contribution in [0.5, 0.6) is 11.5 Å².